The quantitative estimate of drug-likeness (QED) is 0.626. The fraction of sp³-hybridized carbons (Fsp3) is 1.00. The van der Waals surface area contributed by atoms with E-state index in [1.807, 2.05) is 0 Å². The van der Waals surface area contributed by atoms with Crippen LogP contribution in [-0.4, -0.2) is 64.4 Å². The molecule has 1 aliphatic carbocycles. The average molecular weight is 255 g/mol. The number of methoxy groups -OCH3 is 1. The molecular weight excluding hydrogens is 226 g/mol. The van der Waals surface area contributed by atoms with Gasteiger partial charge in [0.15, 0.2) is 0 Å². The van der Waals surface area contributed by atoms with Crippen molar-refractivity contribution in [2.75, 3.05) is 59.5 Å². The van der Waals surface area contributed by atoms with E-state index < -0.39 is 0 Å². The van der Waals surface area contributed by atoms with Gasteiger partial charge < -0.3 is 20.3 Å². The molecule has 2 aliphatic rings. The van der Waals surface area contributed by atoms with E-state index in [1.54, 1.807) is 7.11 Å². The molecule has 0 amide bonds. The van der Waals surface area contributed by atoms with Crippen molar-refractivity contribution in [2.45, 2.75) is 25.7 Å². The molecular formula is C14H29N3O. The maximum Gasteiger partial charge on any atom is 0.0468 e. The first-order valence-electron chi connectivity index (χ1n) is 7.47. The van der Waals surface area contributed by atoms with E-state index in [0.717, 1.165) is 19.7 Å². The first kappa shape index (κ1) is 14.3. The Bertz CT molecular complexity index is 223. The van der Waals surface area contributed by atoms with Gasteiger partial charge in [0.05, 0.1) is 0 Å². The number of hydrogen-bond donors (Lipinski definition) is 2. The summed E-state index contributed by atoms with van der Waals surface area (Å²) >= 11 is 0. The van der Waals surface area contributed by atoms with Crippen molar-refractivity contribution in [3.05, 3.63) is 0 Å². The number of hydrogen-bond acceptors (Lipinski definition) is 4. The Balaban J connectivity index is 1.52. The molecule has 0 radical (unpaired) electrons. The minimum absolute atomic E-state index is 0.580. The normalized spacial score (nSPS) is 23.8. The standard InChI is InChI=1S/C14H29N3O/c1-18-12-5-14(3-4-14)13-16-8-11-17-9-2-6-15-7-10-17/h15-16H,2-13H2,1H3. The molecule has 4 nitrogen and oxygen atoms in total. The SMILES string of the molecule is COCCC1(CNCCN2CCCNCC2)CC1. The Morgan fingerprint density at radius 3 is 2.94 bits per heavy atom. The third-order valence-electron chi connectivity index (χ3n) is 4.33. The van der Waals surface area contributed by atoms with Gasteiger partial charge >= 0.3 is 0 Å². The Labute approximate surface area is 111 Å². The van der Waals surface area contributed by atoms with E-state index in [1.165, 1.54) is 58.4 Å². The van der Waals surface area contributed by atoms with Crippen molar-refractivity contribution >= 4 is 0 Å². The van der Waals surface area contributed by atoms with Gasteiger partial charge in [-0.15, -0.1) is 0 Å². The summed E-state index contributed by atoms with van der Waals surface area (Å²) in [6.07, 6.45) is 5.29. The minimum atomic E-state index is 0.580. The average Bonchev–Trinajstić information content (AvgIpc) is 3.18. The summed E-state index contributed by atoms with van der Waals surface area (Å²) in [5.41, 5.74) is 0.580. The Kier molecular flexibility index (Phi) is 5.89. The van der Waals surface area contributed by atoms with E-state index >= 15 is 0 Å². The second kappa shape index (κ2) is 7.43. The lowest BCUT2D eigenvalue weighted by molar-refractivity contribution is 0.170. The summed E-state index contributed by atoms with van der Waals surface area (Å²) in [5.74, 6) is 0. The molecule has 0 spiro atoms. The summed E-state index contributed by atoms with van der Waals surface area (Å²) in [7, 11) is 1.80. The molecule has 1 saturated carbocycles. The van der Waals surface area contributed by atoms with Crippen molar-refractivity contribution in [3.8, 4) is 0 Å². The Morgan fingerprint density at radius 2 is 2.17 bits per heavy atom. The predicted molar refractivity (Wildman–Crippen MR) is 75.0 cm³/mol. The van der Waals surface area contributed by atoms with Crippen LogP contribution in [0.4, 0.5) is 0 Å². The van der Waals surface area contributed by atoms with Gasteiger partial charge in [0.2, 0.25) is 0 Å². The zero-order valence-electron chi connectivity index (χ0n) is 11.8. The molecule has 0 atom stereocenters. The molecule has 1 saturated heterocycles. The molecule has 0 aromatic heterocycles. The molecule has 106 valence electrons. The first-order valence-corrected chi connectivity index (χ1v) is 7.47. The minimum Gasteiger partial charge on any atom is -0.385 e. The summed E-state index contributed by atoms with van der Waals surface area (Å²) in [5, 5.41) is 7.10. The van der Waals surface area contributed by atoms with Crippen molar-refractivity contribution in [2.24, 2.45) is 5.41 Å². The van der Waals surface area contributed by atoms with Crippen LogP contribution in [0.2, 0.25) is 0 Å². The van der Waals surface area contributed by atoms with Gasteiger partial charge in [-0.05, 0) is 44.2 Å². The van der Waals surface area contributed by atoms with Crippen LogP contribution in [0, 0.1) is 5.41 Å². The van der Waals surface area contributed by atoms with Crippen LogP contribution >= 0.6 is 0 Å². The maximum absolute atomic E-state index is 5.19. The second-order valence-corrected chi connectivity index (χ2v) is 5.86. The van der Waals surface area contributed by atoms with Crippen LogP contribution in [0.5, 0.6) is 0 Å². The van der Waals surface area contributed by atoms with Crippen LogP contribution in [0.1, 0.15) is 25.7 Å². The molecule has 0 aromatic carbocycles. The zero-order chi connectivity index (χ0) is 12.7. The van der Waals surface area contributed by atoms with Gasteiger partial charge in [0, 0.05) is 46.4 Å². The number of ether oxygens (including phenoxy) is 1. The molecule has 2 rings (SSSR count). The van der Waals surface area contributed by atoms with E-state index in [9.17, 15) is 0 Å². The lowest BCUT2D eigenvalue weighted by atomic mass is 10.0. The zero-order valence-corrected chi connectivity index (χ0v) is 11.8. The highest BCUT2D eigenvalue weighted by molar-refractivity contribution is 4.94. The van der Waals surface area contributed by atoms with Crippen molar-refractivity contribution in [3.63, 3.8) is 0 Å². The molecule has 0 unspecified atom stereocenters. The monoisotopic (exact) mass is 255 g/mol. The van der Waals surface area contributed by atoms with Crippen LogP contribution in [0.25, 0.3) is 0 Å². The molecule has 0 bridgehead atoms. The summed E-state index contributed by atoms with van der Waals surface area (Å²) < 4.78 is 5.19. The van der Waals surface area contributed by atoms with Crippen molar-refractivity contribution in [1.82, 2.24) is 15.5 Å². The molecule has 1 aliphatic heterocycles. The van der Waals surface area contributed by atoms with Gasteiger partial charge in [0.1, 0.15) is 0 Å². The molecule has 0 aromatic rings. The summed E-state index contributed by atoms with van der Waals surface area (Å²) in [6.45, 7) is 9.22. The van der Waals surface area contributed by atoms with E-state index in [4.69, 9.17) is 4.74 Å². The van der Waals surface area contributed by atoms with Gasteiger partial charge in [-0.1, -0.05) is 0 Å². The Morgan fingerprint density at radius 1 is 1.28 bits per heavy atom. The van der Waals surface area contributed by atoms with E-state index in [0.29, 0.717) is 5.41 Å². The largest absolute Gasteiger partial charge is 0.385 e. The van der Waals surface area contributed by atoms with Gasteiger partial charge in [-0.2, -0.15) is 0 Å². The van der Waals surface area contributed by atoms with Gasteiger partial charge in [-0.3, -0.25) is 0 Å². The lowest BCUT2D eigenvalue weighted by Crippen LogP contribution is -2.36. The van der Waals surface area contributed by atoms with Crippen LogP contribution in [0.15, 0.2) is 0 Å². The van der Waals surface area contributed by atoms with Crippen LogP contribution in [0.3, 0.4) is 0 Å². The third-order valence-corrected chi connectivity index (χ3v) is 4.33. The molecule has 4 heteroatoms. The fourth-order valence-corrected chi connectivity index (χ4v) is 2.73. The second-order valence-electron chi connectivity index (χ2n) is 5.86. The molecule has 2 N–H and O–H groups in total. The van der Waals surface area contributed by atoms with Gasteiger partial charge in [0.25, 0.3) is 0 Å². The van der Waals surface area contributed by atoms with Crippen LogP contribution in [-0.2, 0) is 4.74 Å². The molecule has 18 heavy (non-hydrogen) atoms. The third kappa shape index (κ3) is 4.84. The first-order chi connectivity index (χ1) is 8.85. The highest BCUT2D eigenvalue weighted by atomic mass is 16.5. The highest BCUT2D eigenvalue weighted by Gasteiger charge is 2.41. The topological polar surface area (TPSA) is 36.5 Å². The Hall–Kier alpha value is -0.160. The van der Waals surface area contributed by atoms with E-state index in [2.05, 4.69) is 15.5 Å². The van der Waals surface area contributed by atoms with Gasteiger partial charge in [-0.25, -0.2) is 0 Å². The number of nitrogens with zero attached hydrogens (tertiary/aromatic N) is 1. The number of nitrogens with one attached hydrogen (secondary N) is 2. The lowest BCUT2D eigenvalue weighted by Gasteiger charge is -2.21. The fourth-order valence-electron chi connectivity index (χ4n) is 2.73. The van der Waals surface area contributed by atoms with Crippen molar-refractivity contribution in [1.29, 1.82) is 0 Å². The van der Waals surface area contributed by atoms with Crippen LogP contribution < -0.4 is 10.6 Å². The predicted octanol–water partition coefficient (Wildman–Crippen LogP) is 0.688. The highest BCUT2D eigenvalue weighted by Crippen LogP contribution is 2.48. The molecule has 1 heterocycles. The smallest absolute Gasteiger partial charge is 0.0468 e. The van der Waals surface area contributed by atoms with Crippen molar-refractivity contribution < 1.29 is 4.74 Å². The van der Waals surface area contributed by atoms with E-state index in [-0.39, 0.29) is 0 Å². The summed E-state index contributed by atoms with van der Waals surface area (Å²) in [6, 6.07) is 0. The number of rotatable bonds is 8. The molecule has 2 fully saturated rings. The summed E-state index contributed by atoms with van der Waals surface area (Å²) in [4.78, 5) is 2.57. The maximum atomic E-state index is 5.19.